The molecule has 6 nitrogen and oxygen atoms in total. The molecule has 0 fully saturated rings. The molecule has 0 aliphatic rings. The van der Waals surface area contributed by atoms with Crippen molar-refractivity contribution in [3.05, 3.63) is 17.5 Å². The van der Waals surface area contributed by atoms with Crippen LogP contribution in [0.1, 0.15) is 16.1 Å². The van der Waals surface area contributed by atoms with Crippen molar-refractivity contribution in [3.63, 3.8) is 0 Å². The summed E-state index contributed by atoms with van der Waals surface area (Å²) < 4.78 is 1.40. The number of nitrogens with zero attached hydrogens (tertiary/aromatic N) is 2. The number of hydroxylamine groups is 1. The van der Waals surface area contributed by atoms with E-state index in [0.29, 0.717) is 5.69 Å². The molecule has 1 aromatic rings. The van der Waals surface area contributed by atoms with Crippen molar-refractivity contribution in [2.75, 3.05) is 0 Å². The van der Waals surface area contributed by atoms with E-state index in [9.17, 15) is 4.79 Å². The lowest BCUT2D eigenvalue weighted by atomic mass is 10.2. The molecule has 1 heterocycles. The lowest BCUT2D eigenvalue weighted by Gasteiger charge is -2.00. The van der Waals surface area contributed by atoms with Gasteiger partial charge in [-0.2, -0.15) is 10.6 Å². The Morgan fingerprint density at radius 3 is 3.00 bits per heavy atom. The monoisotopic (exact) mass is 171 g/mol. The maximum absolute atomic E-state index is 10.5. The zero-order chi connectivity index (χ0) is 9.14. The highest BCUT2D eigenvalue weighted by molar-refractivity contribution is 5.88. The van der Waals surface area contributed by atoms with Crippen LogP contribution < -0.4 is 5.48 Å². The fourth-order valence-electron chi connectivity index (χ4n) is 0.926. The number of rotatable bonds is 3. The quantitative estimate of drug-likeness (QED) is 0.538. The smallest absolute Gasteiger partial charge is 0.339 e. The minimum absolute atomic E-state index is 0.0676. The Kier molecular flexibility index (Phi) is 2.41. The molecule has 1 aromatic heterocycles. The van der Waals surface area contributed by atoms with Crippen molar-refractivity contribution in [1.29, 1.82) is 0 Å². The topological polar surface area (TPSA) is 87.4 Å². The van der Waals surface area contributed by atoms with Gasteiger partial charge < -0.3 is 10.3 Å². The summed E-state index contributed by atoms with van der Waals surface area (Å²) in [5.41, 5.74) is 2.41. The third-order valence-corrected chi connectivity index (χ3v) is 1.54. The molecule has 0 saturated carbocycles. The molecule has 0 unspecified atom stereocenters. The van der Waals surface area contributed by atoms with Crippen LogP contribution in [0.2, 0.25) is 0 Å². The summed E-state index contributed by atoms with van der Waals surface area (Å²) in [7, 11) is 1.61. The molecular formula is C6H9N3O3. The number of aromatic nitrogens is 2. The van der Waals surface area contributed by atoms with Crippen LogP contribution in [0.3, 0.4) is 0 Å². The normalized spacial score (nSPS) is 10.2. The van der Waals surface area contributed by atoms with Gasteiger partial charge in [0.2, 0.25) is 0 Å². The average molecular weight is 171 g/mol. The maximum atomic E-state index is 10.5. The van der Waals surface area contributed by atoms with E-state index in [1.165, 1.54) is 10.9 Å². The van der Waals surface area contributed by atoms with E-state index in [1.807, 2.05) is 5.48 Å². The summed E-state index contributed by atoms with van der Waals surface area (Å²) in [5.74, 6) is -1.05. The number of carboxylic acids is 1. The van der Waals surface area contributed by atoms with Crippen LogP contribution in [-0.2, 0) is 13.6 Å². The summed E-state index contributed by atoms with van der Waals surface area (Å²) in [4.78, 5) is 10.5. The van der Waals surface area contributed by atoms with Gasteiger partial charge in [0.05, 0.1) is 18.4 Å². The minimum atomic E-state index is -1.05. The van der Waals surface area contributed by atoms with Gasteiger partial charge in [0.1, 0.15) is 5.56 Å². The summed E-state index contributed by atoms with van der Waals surface area (Å²) >= 11 is 0. The highest BCUT2D eigenvalue weighted by Crippen LogP contribution is 2.06. The molecular weight excluding hydrogens is 162 g/mol. The van der Waals surface area contributed by atoms with E-state index in [2.05, 4.69) is 5.10 Å². The molecule has 0 aromatic carbocycles. The van der Waals surface area contributed by atoms with E-state index in [4.69, 9.17) is 10.3 Å². The summed E-state index contributed by atoms with van der Waals surface area (Å²) in [5, 5.41) is 20.8. The predicted molar refractivity (Wildman–Crippen MR) is 38.8 cm³/mol. The summed E-state index contributed by atoms with van der Waals surface area (Å²) in [6.07, 6.45) is 1.25. The SMILES string of the molecule is Cn1ncc(C(=O)O)c1CNO. The first-order chi connectivity index (χ1) is 5.66. The minimum Gasteiger partial charge on any atom is -0.478 e. The van der Waals surface area contributed by atoms with Gasteiger partial charge in [0.15, 0.2) is 0 Å². The molecule has 0 saturated heterocycles. The molecule has 0 spiro atoms. The molecule has 1 rings (SSSR count). The third-order valence-electron chi connectivity index (χ3n) is 1.54. The number of hydrogen-bond acceptors (Lipinski definition) is 4. The summed E-state index contributed by atoms with van der Waals surface area (Å²) in [6.45, 7) is 0.0676. The number of aryl methyl sites for hydroxylation is 1. The average Bonchev–Trinajstić information content (AvgIpc) is 2.34. The van der Waals surface area contributed by atoms with Crippen LogP contribution in [0.25, 0.3) is 0 Å². The zero-order valence-corrected chi connectivity index (χ0v) is 6.48. The van der Waals surface area contributed by atoms with Crippen LogP contribution in [0, 0.1) is 0 Å². The number of hydrogen-bond donors (Lipinski definition) is 3. The van der Waals surface area contributed by atoms with Crippen molar-refractivity contribution in [2.45, 2.75) is 6.54 Å². The van der Waals surface area contributed by atoms with Crippen molar-refractivity contribution in [2.24, 2.45) is 7.05 Å². The second kappa shape index (κ2) is 3.33. The Morgan fingerprint density at radius 2 is 2.50 bits per heavy atom. The van der Waals surface area contributed by atoms with Crippen molar-refractivity contribution in [3.8, 4) is 0 Å². The lowest BCUT2D eigenvalue weighted by molar-refractivity contribution is 0.0694. The van der Waals surface area contributed by atoms with E-state index >= 15 is 0 Å². The van der Waals surface area contributed by atoms with Crippen LogP contribution in [0.5, 0.6) is 0 Å². The molecule has 0 radical (unpaired) electrons. The molecule has 12 heavy (non-hydrogen) atoms. The standard InChI is InChI=1S/C6H9N3O3/c1-9-5(3-8-12)4(2-7-9)6(10)11/h2,8,12H,3H2,1H3,(H,10,11). The number of carboxylic acid groups (broad SMARTS) is 1. The molecule has 3 N–H and O–H groups in total. The Bertz CT molecular complexity index is 294. The van der Waals surface area contributed by atoms with Crippen molar-refractivity contribution >= 4 is 5.97 Å². The Hall–Kier alpha value is -1.40. The van der Waals surface area contributed by atoms with E-state index in [1.54, 1.807) is 7.05 Å². The molecule has 0 atom stereocenters. The number of nitrogens with one attached hydrogen (secondary N) is 1. The van der Waals surface area contributed by atoms with Gasteiger partial charge in [-0.05, 0) is 0 Å². The molecule has 6 heteroatoms. The largest absolute Gasteiger partial charge is 0.478 e. The van der Waals surface area contributed by atoms with E-state index in [-0.39, 0.29) is 12.1 Å². The first kappa shape index (κ1) is 8.69. The van der Waals surface area contributed by atoms with Gasteiger partial charge >= 0.3 is 5.97 Å². The van der Waals surface area contributed by atoms with Crippen molar-refractivity contribution in [1.82, 2.24) is 15.3 Å². The van der Waals surface area contributed by atoms with Crippen LogP contribution in [0.4, 0.5) is 0 Å². The first-order valence-electron chi connectivity index (χ1n) is 3.28. The van der Waals surface area contributed by atoms with E-state index in [0.717, 1.165) is 0 Å². The molecule has 0 bridgehead atoms. The fraction of sp³-hybridized carbons (Fsp3) is 0.333. The highest BCUT2D eigenvalue weighted by atomic mass is 16.5. The molecule has 0 aliphatic carbocycles. The number of aromatic carboxylic acids is 1. The van der Waals surface area contributed by atoms with Crippen LogP contribution in [0.15, 0.2) is 6.20 Å². The first-order valence-corrected chi connectivity index (χ1v) is 3.28. The zero-order valence-electron chi connectivity index (χ0n) is 6.48. The second-order valence-corrected chi connectivity index (χ2v) is 2.27. The Morgan fingerprint density at radius 1 is 1.83 bits per heavy atom. The molecule has 0 amide bonds. The van der Waals surface area contributed by atoms with Gasteiger partial charge in [-0.1, -0.05) is 0 Å². The Balaban J connectivity index is 3.03. The van der Waals surface area contributed by atoms with Gasteiger partial charge in [0.25, 0.3) is 0 Å². The molecule has 66 valence electrons. The number of carbonyl (C=O) groups is 1. The fourth-order valence-corrected chi connectivity index (χ4v) is 0.926. The maximum Gasteiger partial charge on any atom is 0.339 e. The second-order valence-electron chi connectivity index (χ2n) is 2.27. The van der Waals surface area contributed by atoms with Gasteiger partial charge in [-0.25, -0.2) is 4.79 Å². The highest BCUT2D eigenvalue weighted by Gasteiger charge is 2.13. The predicted octanol–water partition coefficient (Wildman–Crippen LogP) is -0.403. The van der Waals surface area contributed by atoms with Gasteiger partial charge in [-0.15, -0.1) is 0 Å². The molecule has 0 aliphatic heterocycles. The third kappa shape index (κ3) is 1.44. The van der Waals surface area contributed by atoms with Crippen LogP contribution >= 0.6 is 0 Å². The van der Waals surface area contributed by atoms with Crippen molar-refractivity contribution < 1.29 is 15.1 Å². The van der Waals surface area contributed by atoms with Gasteiger partial charge in [-0.3, -0.25) is 4.68 Å². The summed E-state index contributed by atoms with van der Waals surface area (Å²) in [6, 6.07) is 0. The Labute approximate surface area is 68.4 Å². The van der Waals surface area contributed by atoms with E-state index < -0.39 is 5.97 Å². The van der Waals surface area contributed by atoms with Crippen LogP contribution in [-0.4, -0.2) is 26.1 Å². The van der Waals surface area contributed by atoms with Gasteiger partial charge in [0, 0.05) is 7.05 Å². The lowest BCUT2D eigenvalue weighted by Crippen LogP contribution is -2.13.